The van der Waals surface area contributed by atoms with E-state index in [1.54, 1.807) is 43.3 Å². The van der Waals surface area contributed by atoms with Crippen molar-refractivity contribution in [3.05, 3.63) is 71.8 Å². The lowest BCUT2D eigenvalue weighted by atomic mass is 10.1. The molecule has 0 radical (unpaired) electrons. The van der Waals surface area contributed by atoms with Gasteiger partial charge in [0, 0.05) is 17.7 Å². The van der Waals surface area contributed by atoms with E-state index in [0.717, 1.165) is 12.1 Å². The SMILES string of the molecule is CCOc1cccc(-c2nnc(NS(=O)(=O)[C@H](C)[C@H](O)c3ccc(F)cc3F)n2-c2c(OC)cccc2OC)n1. The fourth-order valence-corrected chi connectivity index (χ4v) is 4.99. The van der Waals surface area contributed by atoms with Crippen LogP contribution in [-0.2, 0) is 10.0 Å². The first-order chi connectivity index (χ1) is 19.1. The second kappa shape index (κ2) is 11.8. The summed E-state index contributed by atoms with van der Waals surface area (Å²) in [5.74, 6) is -1.23. The Balaban J connectivity index is 1.84. The number of para-hydroxylation sites is 1. The number of nitrogens with zero attached hydrogens (tertiary/aromatic N) is 4. The third-order valence-corrected chi connectivity index (χ3v) is 7.69. The summed E-state index contributed by atoms with van der Waals surface area (Å²) >= 11 is 0. The van der Waals surface area contributed by atoms with E-state index in [0.29, 0.717) is 35.7 Å². The maximum atomic E-state index is 14.3. The zero-order chi connectivity index (χ0) is 29.0. The molecule has 0 aliphatic rings. The Bertz CT molecular complexity index is 1590. The number of ether oxygens (including phenoxy) is 3. The molecule has 14 heteroatoms. The topological polar surface area (TPSA) is 138 Å². The van der Waals surface area contributed by atoms with Gasteiger partial charge in [-0.25, -0.2) is 22.2 Å². The van der Waals surface area contributed by atoms with E-state index in [-0.39, 0.29) is 23.0 Å². The first-order valence-electron chi connectivity index (χ1n) is 12.0. The highest BCUT2D eigenvalue weighted by molar-refractivity contribution is 7.93. The van der Waals surface area contributed by atoms with Crippen LogP contribution in [0.1, 0.15) is 25.5 Å². The Labute approximate surface area is 229 Å². The third kappa shape index (κ3) is 5.67. The number of methoxy groups -OCH3 is 2. The van der Waals surface area contributed by atoms with Crippen molar-refractivity contribution in [3.8, 4) is 34.6 Å². The molecule has 0 bridgehead atoms. The van der Waals surface area contributed by atoms with Crippen molar-refractivity contribution in [1.29, 1.82) is 0 Å². The van der Waals surface area contributed by atoms with Crippen LogP contribution in [-0.4, -0.2) is 59.3 Å². The number of benzene rings is 2. The molecule has 11 nitrogen and oxygen atoms in total. The average molecular weight is 576 g/mol. The van der Waals surface area contributed by atoms with Crippen molar-refractivity contribution in [2.45, 2.75) is 25.2 Å². The fourth-order valence-electron chi connectivity index (χ4n) is 3.93. The fraction of sp³-hybridized carbons (Fsp3) is 0.269. The molecule has 0 amide bonds. The minimum absolute atomic E-state index is 0.111. The summed E-state index contributed by atoms with van der Waals surface area (Å²) in [5.41, 5.74) is 0.162. The molecule has 2 aromatic heterocycles. The average Bonchev–Trinajstić information content (AvgIpc) is 3.34. The quantitative estimate of drug-likeness (QED) is 0.273. The first-order valence-corrected chi connectivity index (χ1v) is 13.6. The number of aliphatic hydroxyl groups is 1. The van der Waals surface area contributed by atoms with Gasteiger partial charge in [-0.1, -0.05) is 18.2 Å². The van der Waals surface area contributed by atoms with Crippen LogP contribution in [0.15, 0.2) is 54.6 Å². The van der Waals surface area contributed by atoms with Crippen molar-refractivity contribution in [2.75, 3.05) is 25.5 Å². The lowest BCUT2D eigenvalue weighted by molar-refractivity contribution is 0.171. The van der Waals surface area contributed by atoms with Crippen molar-refractivity contribution in [3.63, 3.8) is 0 Å². The zero-order valence-electron chi connectivity index (χ0n) is 22.0. The number of aromatic nitrogens is 4. The van der Waals surface area contributed by atoms with Crippen LogP contribution < -0.4 is 18.9 Å². The van der Waals surface area contributed by atoms with Crippen LogP contribution in [0.2, 0.25) is 0 Å². The van der Waals surface area contributed by atoms with Gasteiger partial charge in [0.1, 0.15) is 45.9 Å². The number of nitrogens with one attached hydrogen (secondary N) is 1. The summed E-state index contributed by atoms with van der Waals surface area (Å²) in [7, 11) is -1.60. The number of aliphatic hydroxyl groups excluding tert-OH is 1. The molecule has 0 saturated heterocycles. The maximum Gasteiger partial charge on any atom is 0.243 e. The molecular formula is C26H27F2N5O6S. The Hall–Kier alpha value is -4.30. The molecule has 212 valence electrons. The van der Waals surface area contributed by atoms with E-state index in [1.807, 2.05) is 0 Å². The van der Waals surface area contributed by atoms with Gasteiger partial charge in [0.25, 0.3) is 0 Å². The predicted molar refractivity (Wildman–Crippen MR) is 142 cm³/mol. The molecule has 0 aliphatic carbocycles. The Morgan fingerprint density at radius 3 is 2.33 bits per heavy atom. The number of sulfonamides is 1. The number of rotatable bonds is 11. The molecule has 0 unspecified atom stereocenters. The van der Waals surface area contributed by atoms with Gasteiger partial charge in [-0.3, -0.25) is 9.29 Å². The van der Waals surface area contributed by atoms with E-state index < -0.39 is 33.0 Å². The van der Waals surface area contributed by atoms with Crippen molar-refractivity contribution < 1.29 is 36.5 Å². The molecule has 0 fully saturated rings. The number of anilines is 1. The van der Waals surface area contributed by atoms with E-state index >= 15 is 0 Å². The summed E-state index contributed by atoms with van der Waals surface area (Å²) in [6.07, 6.45) is -1.83. The lowest BCUT2D eigenvalue weighted by Crippen LogP contribution is -2.32. The largest absolute Gasteiger partial charge is 0.494 e. The van der Waals surface area contributed by atoms with Gasteiger partial charge in [0.15, 0.2) is 5.82 Å². The number of halogens is 2. The minimum Gasteiger partial charge on any atom is -0.494 e. The molecule has 0 spiro atoms. The minimum atomic E-state index is -4.45. The number of hydrogen-bond donors (Lipinski definition) is 2. The molecule has 40 heavy (non-hydrogen) atoms. The van der Waals surface area contributed by atoms with Gasteiger partial charge < -0.3 is 19.3 Å². The van der Waals surface area contributed by atoms with E-state index in [4.69, 9.17) is 14.2 Å². The Kier molecular flexibility index (Phi) is 8.49. The Morgan fingerprint density at radius 1 is 1.02 bits per heavy atom. The standard InChI is InChI=1S/C26H27F2N5O6S/c1-5-39-22-11-6-8-19(29-22)25-30-31-26(33(25)23-20(37-3)9-7-10-21(23)38-4)32-40(35,36)15(2)24(34)17-13-12-16(27)14-18(17)28/h6-15,24,34H,5H2,1-4H3,(H,31,32)/t15-,24+/m1/s1. The smallest absolute Gasteiger partial charge is 0.243 e. The molecular weight excluding hydrogens is 548 g/mol. The van der Waals surface area contributed by atoms with Gasteiger partial charge >= 0.3 is 0 Å². The van der Waals surface area contributed by atoms with Crippen LogP contribution in [0.25, 0.3) is 17.2 Å². The van der Waals surface area contributed by atoms with Crippen molar-refractivity contribution in [1.82, 2.24) is 19.7 Å². The normalized spacial score (nSPS) is 13.0. The second-order valence-corrected chi connectivity index (χ2v) is 10.5. The van der Waals surface area contributed by atoms with E-state index in [9.17, 15) is 22.3 Å². The number of pyridine rings is 1. The van der Waals surface area contributed by atoms with Crippen LogP contribution in [0, 0.1) is 11.6 Å². The molecule has 2 heterocycles. The first kappa shape index (κ1) is 28.7. The highest BCUT2D eigenvalue weighted by Gasteiger charge is 2.34. The van der Waals surface area contributed by atoms with Gasteiger partial charge in [0.05, 0.1) is 20.8 Å². The lowest BCUT2D eigenvalue weighted by Gasteiger charge is -2.22. The molecule has 0 aliphatic heterocycles. The summed E-state index contributed by atoms with van der Waals surface area (Å²) in [4.78, 5) is 4.44. The van der Waals surface area contributed by atoms with Gasteiger partial charge in [0.2, 0.25) is 21.9 Å². The van der Waals surface area contributed by atoms with E-state index in [2.05, 4.69) is 19.9 Å². The van der Waals surface area contributed by atoms with Crippen LogP contribution in [0.4, 0.5) is 14.7 Å². The zero-order valence-corrected chi connectivity index (χ0v) is 22.8. The highest BCUT2D eigenvalue weighted by atomic mass is 32.2. The second-order valence-electron chi connectivity index (χ2n) is 8.45. The van der Waals surface area contributed by atoms with Crippen LogP contribution in [0.3, 0.4) is 0 Å². The molecule has 4 rings (SSSR count). The summed E-state index contributed by atoms with van der Waals surface area (Å²) in [5, 5.41) is 17.3. The molecule has 2 atom stereocenters. The molecule has 2 aromatic carbocycles. The highest BCUT2D eigenvalue weighted by Crippen LogP contribution is 2.38. The third-order valence-electron chi connectivity index (χ3n) is 5.98. The van der Waals surface area contributed by atoms with E-state index in [1.165, 1.54) is 25.7 Å². The summed E-state index contributed by atoms with van der Waals surface area (Å²) in [6, 6.07) is 12.4. The number of hydrogen-bond acceptors (Lipinski definition) is 9. The molecule has 4 aromatic rings. The van der Waals surface area contributed by atoms with Crippen LogP contribution in [0.5, 0.6) is 17.4 Å². The Morgan fingerprint density at radius 2 is 1.70 bits per heavy atom. The van der Waals surface area contributed by atoms with Gasteiger partial charge in [-0.05, 0) is 38.1 Å². The van der Waals surface area contributed by atoms with Crippen LogP contribution >= 0.6 is 0 Å². The summed E-state index contributed by atoms with van der Waals surface area (Å²) in [6.45, 7) is 3.34. The van der Waals surface area contributed by atoms with Gasteiger partial charge in [-0.15, -0.1) is 10.2 Å². The van der Waals surface area contributed by atoms with Gasteiger partial charge in [-0.2, -0.15) is 0 Å². The van der Waals surface area contributed by atoms with Crippen molar-refractivity contribution in [2.24, 2.45) is 0 Å². The summed E-state index contributed by atoms with van der Waals surface area (Å²) < 4.78 is 74.8. The van der Waals surface area contributed by atoms with Crippen molar-refractivity contribution >= 4 is 16.0 Å². The maximum absolute atomic E-state index is 14.3. The molecule has 0 saturated carbocycles. The predicted octanol–water partition coefficient (Wildman–Crippen LogP) is 3.89. The molecule has 2 N–H and O–H groups in total. The monoisotopic (exact) mass is 575 g/mol.